The van der Waals surface area contributed by atoms with Gasteiger partial charge >= 0.3 is 0 Å². The molecule has 5 rings (SSSR count). The van der Waals surface area contributed by atoms with E-state index in [4.69, 9.17) is 4.74 Å². The van der Waals surface area contributed by atoms with E-state index in [0.717, 1.165) is 18.4 Å². The maximum absolute atomic E-state index is 14.8. The third kappa shape index (κ3) is 3.30. The molecule has 3 aromatic rings. The fourth-order valence-electron chi connectivity index (χ4n) is 5.53. The first kappa shape index (κ1) is 20.8. The second-order valence-electron chi connectivity index (χ2n) is 9.13. The Hall–Kier alpha value is -3.12. The number of hydrogen-bond acceptors (Lipinski definition) is 3. The minimum absolute atomic E-state index is 0.133. The van der Waals surface area contributed by atoms with E-state index >= 15 is 0 Å². The molecule has 2 saturated heterocycles. The van der Waals surface area contributed by atoms with Crippen LogP contribution in [-0.4, -0.2) is 22.1 Å². The summed E-state index contributed by atoms with van der Waals surface area (Å²) in [6.45, 7) is 4.03. The molecule has 32 heavy (non-hydrogen) atoms. The van der Waals surface area contributed by atoms with Crippen LogP contribution in [-0.2, 0) is 9.53 Å². The van der Waals surface area contributed by atoms with E-state index in [1.165, 1.54) is 24.3 Å². The number of amides is 1. The van der Waals surface area contributed by atoms with Crippen LogP contribution in [0.1, 0.15) is 38.2 Å². The molecule has 2 fully saturated rings. The summed E-state index contributed by atoms with van der Waals surface area (Å²) in [5.74, 6) is -1.87. The first-order chi connectivity index (χ1) is 15.3. The lowest BCUT2D eigenvalue weighted by Crippen LogP contribution is -2.44. The molecule has 0 saturated carbocycles. The second-order valence-corrected chi connectivity index (χ2v) is 9.13. The maximum Gasteiger partial charge on any atom is 0.231 e. The van der Waals surface area contributed by atoms with Crippen molar-refractivity contribution in [1.29, 1.82) is 0 Å². The van der Waals surface area contributed by atoms with Crippen LogP contribution in [0.2, 0.25) is 0 Å². The molecule has 0 spiro atoms. The summed E-state index contributed by atoms with van der Waals surface area (Å²) < 4.78 is 35.3. The minimum atomic E-state index is -0.599. The van der Waals surface area contributed by atoms with Gasteiger partial charge in [0.05, 0.1) is 17.1 Å². The Bertz CT molecular complexity index is 1190. The van der Waals surface area contributed by atoms with Gasteiger partial charge < -0.3 is 10.1 Å². The van der Waals surface area contributed by atoms with Crippen LogP contribution in [0.15, 0.2) is 67.0 Å². The molecular weight excluding hydrogens is 410 g/mol. The highest BCUT2D eigenvalue weighted by Gasteiger charge is 2.65. The largest absolute Gasteiger partial charge is 0.368 e. The summed E-state index contributed by atoms with van der Waals surface area (Å²) in [5, 5.41) is 2.88. The lowest BCUT2D eigenvalue weighted by atomic mass is 9.65. The van der Waals surface area contributed by atoms with Gasteiger partial charge in [0, 0.05) is 35.1 Å². The van der Waals surface area contributed by atoms with Gasteiger partial charge in [-0.2, -0.15) is 0 Å². The number of ether oxygens (including phenoxy) is 1. The number of pyridine rings is 1. The van der Waals surface area contributed by atoms with Gasteiger partial charge in [0.25, 0.3) is 0 Å². The topological polar surface area (TPSA) is 51.2 Å². The van der Waals surface area contributed by atoms with Crippen LogP contribution in [0.5, 0.6) is 0 Å². The van der Waals surface area contributed by atoms with Crippen molar-refractivity contribution in [3.05, 3.63) is 84.2 Å². The number of nitrogens with one attached hydrogen (secondary N) is 1. The van der Waals surface area contributed by atoms with E-state index < -0.39 is 28.8 Å². The van der Waals surface area contributed by atoms with Crippen molar-refractivity contribution in [3.8, 4) is 11.1 Å². The summed E-state index contributed by atoms with van der Waals surface area (Å²) >= 11 is 0. The van der Waals surface area contributed by atoms with E-state index in [0.29, 0.717) is 5.69 Å². The lowest BCUT2D eigenvalue weighted by molar-refractivity contribution is -0.125. The molecule has 0 radical (unpaired) electrons. The molecule has 1 aromatic heterocycles. The third-order valence-electron chi connectivity index (χ3n) is 6.98. The van der Waals surface area contributed by atoms with Crippen molar-refractivity contribution in [3.63, 3.8) is 0 Å². The van der Waals surface area contributed by atoms with Crippen molar-refractivity contribution in [2.75, 3.05) is 5.32 Å². The quantitative estimate of drug-likeness (QED) is 0.573. The number of anilines is 1. The van der Waals surface area contributed by atoms with Crippen molar-refractivity contribution in [2.24, 2.45) is 5.92 Å². The highest BCUT2D eigenvalue weighted by atomic mass is 19.1. The number of aromatic nitrogens is 1. The molecule has 4 atom stereocenters. The predicted octanol–water partition coefficient (Wildman–Crippen LogP) is 5.71. The van der Waals surface area contributed by atoms with Gasteiger partial charge in [-0.3, -0.25) is 9.78 Å². The van der Waals surface area contributed by atoms with E-state index in [2.05, 4.69) is 17.2 Å². The molecule has 6 heteroatoms. The fourth-order valence-corrected chi connectivity index (χ4v) is 5.53. The second kappa shape index (κ2) is 7.48. The number of halogens is 2. The first-order valence-electron chi connectivity index (χ1n) is 10.8. The Kier molecular flexibility index (Phi) is 4.86. The Morgan fingerprint density at radius 3 is 2.38 bits per heavy atom. The molecule has 1 N–H and O–H groups in total. The Morgan fingerprint density at radius 2 is 1.66 bits per heavy atom. The molecule has 4 nitrogen and oxygen atoms in total. The minimum Gasteiger partial charge on any atom is -0.368 e. The van der Waals surface area contributed by atoms with Crippen LogP contribution < -0.4 is 5.32 Å². The summed E-state index contributed by atoms with van der Waals surface area (Å²) in [7, 11) is 0. The fraction of sp³-hybridized carbons (Fsp3) is 0.308. The SMILES string of the molecule is C[C@]12CC[C@](C)(O1)[C@@H](c1ccncc1)[C@H]2C(=O)Nc1ccc(-c2ccccc2F)c(F)c1. The Labute approximate surface area is 185 Å². The van der Waals surface area contributed by atoms with Crippen LogP contribution in [0.3, 0.4) is 0 Å². The average Bonchev–Trinajstić information content (AvgIpc) is 3.21. The molecule has 2 aliphatic heterocycles. The summed E-state index contributed by atoms with van der Waals surface area (Å²) in [5.41, 5.74) is 0.627. The highest BCUT2D eigenvalue weighted by molar-refractivity contribution is 5.95. The predicted molar refractivity (Wildman–Crippen MR) is 118 cm³/mol. The van der Waals surface area contributed by atoms with Crippen molar-refractivity contribution >= 4 is 11.6 Å². The Morgan fingerprint density at radius 1 is 0.969 bits per heavy atom. The molecule has 164 valence electrons. The van der Waals surface area contributed by atoms with E-state index in [-0.39, 0.29) is 23.0 Å². The standard InChI is InChI=1S/C26H24F2N2O2/c1-25-11-12-26(2,32-25)23(22(25)16-9-13-29-14-10-16)24(31)30-17-7-8-19(21(28)15-17)18-5-3-4-6-20(18)27/h3-10,13-15,22-23H,11-12H2,1-2H3,(H,30,31)/t22-,23-,25-,26+/m0/s1. The number of rotatable bonds is 4. The average molecular weight is 434 g/mol. The van der Waals surface area contributed by atoms with E-state index in [1.54, 1.807) is 30.6 Å². The molecular formula is C26H24F2N2O2. The Balaban J connectivity index is 1.44. The third-order valence-corrected chi connectivity index (χ3v) is 6.98. The number of carbonyl (C=O) groups excluding carboxylic acids is 1. The normalized spacial score (nSPS) is 28.6. The zero-order valence-corrected chi connectivity index (χ0v) is 17.9. The highest BCUT2D eigenvalue weighted by Crippen LogP contribution is 2.61. The molecule has 2 aromatic carbocycles. The first-order valence-corrected chi connectivity index (χ1v) is 10.8. The van der Waals surface area contributed by atoms with Gasteiger partial charge in [-0.1, -0.05) is 18.2 Å². The molecule has 2 bridgehead atoms. The van der Waals surface area contributed by atoms with Crippen molar-refractivity contribution in [1.82, 2.24) is 4.98 Å². The summed E-state index contributed by atoms with van der Waals surface area (Å²) in [6, 6.07) is 14.2. The molecule has 2 aliphatic rings. The van der Waals surface area contributed by atoms with Gasteiger partial charge in [-0.25, -0.2) is 8.78 Å². The van der Waals surface area contributed by atoms with Gasteiger partial charge in [0.15, 0.2) is 0 Å². The number of nitrogens with zero attached hydrogens (tertiary/aromatic N) is 1. The number of carbonyl (C=O) groups is 1. The van der Waals surface area contributed by atoms with Crippen LogP contribution >= 0.6 is 0 Å². The van der Waals surface area contributed by atoms with Crippen molar-refractivity contribution < 1.29 is 18.3 Å². The lowest BCUT2D eigenvalue weighted by Gasteiger charge is -2.35. The van der Waals surface area contributed by atoms with Gasteiger partial charge in [-0.15, -0.1) is 0 Å². The number of benzene rings is 2. The summed E-state index contributed by atoms with van der Waals surface area (Å²) in [4.78, 5) is 17.6. The van der Waals surface area contributed by atoms with Gasteiger partial charge in [0.1, 0.15) is 11.6 Å². The molecule has 0 unspecified atom stereocenters. The van der Waals surface area contributed by atoms with Crippen molar-refractivity contribution in [2.45, 2.75) is 43.8 Å². The molecule has 3 heterocycles. The zero-order chi connectivity index (χ0) is 22.5. The van der Waals surface area contributed by atoms with Crippen LogP contribution in [0.25, 0.3) is 11.1 Å². The van der Waals surface area contributed by atoms with Gasteiger partial charge in [0.2, 0.25) is 5.91 Å². The maximum atomic E-state index is 14.8. The van der Waals surface area contributed by atoms with Gasteiger partial charge in [-0.05, 0) is 68.7 Å². The van der Waals surface area contributed by atoms with Crippen LogP contribution in [0, 0.1) is 17.6 Å². The zero-order valence-electron chi connectivity index (χ0n) is 17.9. The number of hydrogen-bond donors (Lipinski definition) is 1. The number of fused-ring (bicyclic) bond motifs is 2. The molecule has 1 amide bonds. The summed E-state index contributed by atoms with van der Waals surface area (Å²) in [6.07, 6.45) is 5.09. The van der Waals surface area contributed by atoms with Crippen LogP contribution in [0.4, 0.5) is 14.5 Å². The van der Waals surface area contributed by atoms with E-state index in [9.17, 15) is 13.6 Å². The monoisotopic (exact) mass is 434 g/mol. The van der Waals surface area contributed by atoms with E-state index in [1.807, 2.05) is 19.1 Å². The molecule has 0 aliphatic carbocycles. The smallest absolute Gasteiger partial charge is 0.231 e.